The molecule has 7 nitrogen and oxygen atoms in total. The van der Waals surface area contributed by atoms with E-state index < -0.39 is 37.3 Å². The first-order valence-corrected chi connectivity index (χ1v) is 13.0. The molecule has 0 aliphatic heterocycles. The lowest BCUT2D eigenvalue weighted by Crippen LogP contribution is -2.27. The van der Waals surface area contributed by atoms with E-state index in [1.165, 1.54) is 32.1 Å². The van der Waals surface area contributed by atoms with Gasteiger partial charge in [0.25, 0.3) is 20.2 Å². The topological polar surface area (TPSA) is 107 Å². The highest BCUT2D eigenvalue weighted by Crippen LogP contribution is 2.19. The maximum Gasteiger partial charge on any atom is 0.269 e. The molecule has 1 N–H and O–H groups in total. The monoisotopic (exact) mass is 430 g/mol. The number of rotatable bonds is 18. The SMILES string of the molecule is CCCCCCCCCCC(O)CCC(CCS(=O)(=O)OC)S(=O)(=O)OC. The fourth-order valence-corrected chi connectivity index (χ4v) is 4.96. The maximum atomic E-state index is 12.0. The fourth-order valence-electron chi connectivity index (χ4n) is 2.96. The second-order valence-corrected chi connectivity index (χ2v) is 10.8. The molecule has 0 radical (unpaired) electrons. The van der Waals surface area contributed by atoms with Crippen molar-refractivity contribution in [1.82, 2.24) is 0 Å². The van der Waals surface area contributed by atoms with Gasteiger partial charge in [0.15, 0.2) is 0 Å². The highest BCUT2D eigenvalue weighted by Gasteiger charge is 2.28. The van der Waals surface area contributed by atoms with Crippen LogP contribution in [0.2, 0.25) is 0 Å². The van der Waals surface area contributed by atoms with Gasteiger partial charge in [-0.2, -0.15) is 16.8 Å². The van der Waals surface area contributed by atoms with Crippen molar-refractivity contribution >= 4 is 20.2 Å². The van der Waals surface area contributed by atoms with Crippen molar-refractivity contribution in [2.75, 3.05) is 20.0 Å². The van der Waals surface area contributed by atoms with Gasteiger partial charge in [-0.15, -0.1) is 0 Å². The normalized spacial score (nSPS) is 15.0. The Kier molecular flexibility index (Phi) is 14.6. The van der Waals surface area contributed by atoms with Gasteiger partial charge in [0.05, 0.1) is 31.3 Å². The molecule has 9 heteroatoms. The zero-order valence-electron chi connectivity index (χ0n) is 17.1. The predicted octanol–water partition coefficient (Wildman–Crippen LogP) is 3.37. The molecular formula is C18H38O7S2. The van der Waals surface area contributed by atoms with Crippen LogP contribution >= 0.6 is 0 Å². The second-order valence-electron chi connectivity index (χ2n) is 6.99. The third kappa shape index (κ3) is 13.6. The van der Waals surface area contributed by atoms with Gasteiger partial charge in [-0.3, -0.25) is 8.37 Å². The minimum absolute atomic E-state index is 0.114. The number of hydrogen-bond acceptors (Lipinski definition) is 7. The van der Waals surface area contributed by atoms with Crippen molar-refractivity contribution in [3.63, 3.8) is 0 Å². The molecule has 164 valence electrons. The summed E-state index contributed by atoms with van der Waals surface area (Å²) in [7, 11) is -5.49. The molecule has 0 fully saturated rings. The standard InChI is InChI=1S/C18H38O7S2/c1-4-5-6-7-8-9-10-11-12-17(19)13-14-18(27(22,23)25-3)15-16-26(20,21)24-2/h17-19H,4-16H2,1-3H3. The molecule has 0 saturated carbocycles. The van der Waals surface area contributed by atoms with Crippen LogP contribution in [0.3, 0.4) is 0 Å². The first-order valence-electron chi connectivity index (χ1n) is 9.94. The highest BCUT2D eigenvalue weighted by molar-refractivity contribution is 7.88. The number of aliphatic hydroxyl groups excluding tert-OH is 1. The number of aliphatic hydroxyl groups is 1. The molecule has 0 bridgehead atoms. The summed E-state index contributed by atoms with van der Waals surface area (Å²) in [5.41, 5.74) is 0. The lowest BCUT2D eigenvalue weighted by Gasteiger charge is -2.18. The van der Waals surface area contributed by atoms with Crippen LogP contribution in [-0.4, -0.2) is 53.3 Å². The lowest BCUT2D eigenvalue weighted by molar-refractivity contribution is 0.147. The average molecular weight is 431 g/mol. The van der Waals surface area contributed by atoms with Gasteiger partial charge in [0.2, 0.25) is 0 Å². The minimum Gasteiger partial charge on any atom is -0.393 e. The quantitative estimate of drug-likeness (QED) is 0.262. The number of unbranched alkanes of at least 4 members (excludes halogenated alkanes) is 7. The third-order valence-electron chi connectivity index (χ3n) is 4.80. The summed E-state index contributed by atoms with van der Waals surface area (Å²) in [5.74, 6) is -0.398. The van der Waals surface area contributed by atoms with Gasteiger partial charge in [-0.25, -0.2) is 0 Å². The van der Waals surface area contributed by atoms with Gasteiger partial charge in [-0.1, -0.05) is 58.3 Å². The van der Waals surface area contributed by atoms with Crippen molar-refractivity contribution in [1.29, 1.82) is 0 Å². The summed E-state index contributed by atoms with van der Waals surface area (Å²) >= 11 is 0. The van der Waals surface area contributed by atoms with Gasteiger partial charge < -0.3 is 5.11 Å². The molecule has 0 aromatic heterocycles. The van der Waals surface area contributed by atoms with Gasteiger partial charge in [0.1, 0.15) is 0 Å². The molecule has 0 heterocycles. The molecule has 0 aliphatic carbocycles. The Labute approximate surface area is 166 Å². The Bertz CT molecular complexity index is 558. The van der Waals surface area contributed by atoms with Crippen LogP contribution in [0.25, 0.3) is 0 Å². The van der Waals surface area contributed by atoms with E-state index in [9.17, 15) is 21.9 Å². The van der Waals surface area contributed by atoms with Crippen LogP contribution in [0.1, 0.15) is 84.0 Å². The molecule has 0 saturated heterocycles. The first-order chi connectivity index (χ1) is 12.7. The van der Waals surface area contributed by atoms with E-state index in [1.54, 1.807) is 0 Å². The molecule has 0 rings (SSSR count). The Balaban J connectivity index is 4.19. The van der Waals surface area contributed by atoms with Crippen molar-refractivity contribution in [2.45, 2.75) is 95.3 Å². The van der Waals surface area contributed by atoms with Crippen molar-refractivity contribution in [3.05, 3.63) is 0 Å². The smallest absolute Gasteiger partial charge is 0.269 e. The van der Waals surface area contributed by atoms with Crippen LogP contribution in [0.15, 0.2) is 0 Å². The summed E-state index contributed by atoms with van der Waals surface area (Å²) in [5, 5.41) is 9.13. The molecule has 2 unspecified atom stereocenters. The van der Waals surface area contributed by atoms with E-state index in [1.807, 2.05) is 0 Å². The zero-order valence-corrected chi connectivity index (χ0v) is 18.7. The van der Waals surface area contributed by atoms with Crippen LogP contribution < -0.4 is 0 Å². The van der Waals surface area contributed by atoms with E-state index in [2.05, 4.69) is 15.3 Å². The number of hydrogen-bond donors (Lipinski definition) is 1. The largest absolute Gasteiger partial charge is 0.393 e. The van der Waals surface area contributed by atoms with Crippen LogP contribution in [0.5, 0.6) is 0 Å². The van der Waals surface area contributed by atoms with E-state index in [0.717, 1.165) is 33.5 Å². The summed E-state index contributed by atoms with van der Waals surface area (Å²) < 4.78 is 55.7. The summed E-state index contributed by atoms with van der Waals surface area (Å²) in [6.07, 6.45) is 9.82. The lowest BCUT2D eigenvalue weighted by atomic mass is 10.0. The molecule has 27 heavy (non-hydrogen) atoms. The average Bonchev–Trinajstić information content (AvgIpc) is 2.63. The van der Waals surface area contributed by atoms with Gasteiger partial charge >= 0.3 is 0 Å². The second kappa shape index (κ2) is 14.7. The summed E-state index contributed by atoms with van der Waals surface area (Å²) in [6, 6.07) is 0. The predicted molar refractivity (Wildman–Crippen MR) is 108 cm³/mol. The third-order valence-corrected chi connectivity index (χ3v) is 7.79. The minimum atomic E-state index is -3.86. The Morgan fingerprint density at radius 3 is 1.81 bits per heavy atom. The first kappa shape index (κ1) is 26.8. The van der Waals surface area contributed by atoms with Crippen LogP contribution in [0, 0.1) is 0 Å². The van der Waals surface area contributed by atoms with Crippen molar-refractivity contribution < 1.29 is 30.3 Å². The molecule has 0 aromatic rings. The molecule has 2 atom stereocenters. The molecule has 0 aliphatic rings. The fraction of sp³-hybridized carbons (Fsp3) is 1.00. The summed E-state index contributed by atoms with van der Waals surface area (Å²) in [6.45, 7) is 2.19. The van der Waals surface area contributed by atoms with Crippen LogP contribution in [0.4, 0.5) is 0 Å². The van der Waals surface area contributed by atoms with E-state index in [-0.39, 0.29) is 12.8 Å². The van der Waals surface area contributed by atoms with Crippen molar-refractivity contribution in [2.24, 2.45) is 0 Å². The van der Waals surface area contributed by atoms with E-state index in [4.69, 9.17) is 0 Å². The van der Waals surface area contributed by atoms with Gasteiger partial charge in [-0.05, 0) is 25.7 Å². The highest BCUT2D eigenvalue weighted by atomic mass is 32.2. The molecular weight excluding hydrogens is 392 g/mol. The van der Waals surface area contributed by atoms with Gasteiger partial charge in [0, 0.05) is 0 Å². The molecule has 0 amide bonds. The molecule has 0 spiro atoms. The molecule has 0 aromatic carbocycles. The Morgan fingerprint density at radius 2 is 1.30 bits per heavy atom. The van der Waals surface area contributed by atoms with Crippen molar-refractivity contribution in [3.8, 4) is 0 Å². The Morgan fingerprint density at radius 1 is 0.741 bits per heavy atom. The Hall–Kier alpha value is -0.220. The van der Waals surface area contributed by atoms with E-state index >= 15 is 0 Å². The zero-order chi connectivity index (χ0) is 20.8. The van der Waals surface area contributed by atoms with E-state index in [0.29, 0.717) is 12.8 Å². The maximum absolute atomic E-state index is 12.0. The van der Waals surface area contributed by atoms with Crippen LogP contribution in [-0.2, 0) is 28.6 Å². The summed E-state index contributed by atoms with van der Waals surface area (Å²) in [4.78, 5) is 0.